The largest absolute Gasteiger partial charge is 0.460 e. The number of carbonyl (C=O) groups is 4. The van der Waals surface area contributed by atoms with Gasteiger partial charge in [-0.2, -0.15) is 0 Å². The Labute approximate surface area is 218 Å². The third kappa shape index (κ3) is 5.91. The second kappa shape index (κ2) is 9.65. The molecule has 2 atom stereocenters. The van der Waals surface area contributed by atoms with Gasteiger partial charge in [0.2, 0.25) is 0 Å². The summed E-state index contributed by atoms with van der Waals surface area (Å²) in [5, 5.41) is 2.86. The average Bonchev–Trinajstić information content (AvgIpc) is 3.32. The van der Waals surface area contributed by atoms with Crippen molar-refractivity contribution in [3.63, 3.8) is 0 Å². The summed E-state index contributed by atoms with van der Waals surface area (Å²) in [6, 6.07) is 6.81. The lowest BCUT2D eigenvalue weighted by molar-refractivity contribution is -0.162. The van der Waals surface area contributed by atoms with Gasteiger partial charge in [-0.05, 0) is 97.3 Å². The molecule has 202 valence electrons. The minimum absolute atomic E-state index is 0.110. The van der Waals surface area contributed by atoms with Gasteiger partial charge >= 0.3 is 18.1 Å². The number of hydrogen-bond acceptors (Lipinski definition) is 6. The van der Waals surface area contributed by atoms with E-state index < -0.39 is 28.7 Å². The van der Waals surface area contributed by atoms with Gasteiger partial charge in [-0.25, -0.2) is 14.5 Å². The Hall–Kier alpha value is -3.10. The molecule has 1 saturated carbocycles. The van der Waals surface area contributed by atoms with Crippen LogP contribution in [0, 0.1) is 11.8 Å². The normalized spacial score (nSPS) is 22.1. The van der Waals surface area contributed by atoms with E-state index in [1.165, 1.54) is 4.90 Å². The number of hydrogen-bond donors (Lipinski definition) is 1. The van der Waals surface area contributed by atoms with Crippen molar-refractivity contribution >= 4 is 29.7 Å². The predicted molar refractivity (Wildman–Crippen MR) is 138 cm³/mol. The lowest BCUT2D eigenvalue weighted by Crippen LogP contribution is -2.52. The molecule has 4 rings (SSSR count). The molecule has 1 N–H and O–H groups in total. The first-order valence-corrected chi connectivity index (χ1v) is 13.1. The number of benzene rings is 1. The molecule has 4 amide bonds. The van der Waals surface area contributed by atoms with Gasteiger partial charge in [0, 0.05) is 13.1 Å². The zero-order valence-corrected chi connectivity index (χ0v) is 22.8. The molecule has 37 heavy (non-hydrogen) atoms. The molecule has 2 aliphatic heterocycles. The summed E-state index contributed by atoms with van der Waals surface area (Å²) in [4.78, 5) is 54.6. The second-order valence-corrected chi connectivity index (χ2v) is 12.5. The SMILES string of the molecule is CC(C)(C)OC(=O)[C@@H](Cc1cccc(N2C(=O)NC3(CCC3)C2=O)c1)[C@H]1CCN(C(=O)OC(C)(C)C)C1. The Morgan fingerprint density at radius 1 is 1.08 bits per heavy atom. The number of amides is 4. The number of anilines is 1. The number of rotatable bonds is 5. The number of nitrogens with one attached hydrogen (secondary N) is 1. The molecule has 2 saturated heterocycles. The fraction of sp³-hybridized carbons (Fsp3) is 0.643. The first-order chi connectivity index (χ1) is 17.2. The van der Waals surface area contributed by atoms with Crippen molar-refractivity contribution in [2.75, 3.05) is 18.0 Å². The highest BCUT2D eigenvalue weighted by Gasteiger charge is 2.55. The van der Waals surface area contributed by atoms with Gasteiger partial charge in [0.15, 0.2) is 0 Å². The van der Waals surface area contributed by atoms with Crippen LogP contribution >= 0.6 is 0 Å². The molecule has 3 aliphatic rings. The summed E-state index contributed by atoms with van der Waals surface area (Å²) < 4.78 is 11.3. The Morgan fingerprint density at radius 2 is 1.76 bits per heavy atom. The molecule has 1 spiro atoms. The molecule has 9 heteroatoms. The topological polar surface area (TPSA) is 105 Å². The van der Waals surface area contributed by atoms with Gasteiger partial charge in [0.1, 0.15) is 16.7 Å². The van der Waals surface area contributed by atoms with Crippen LogP contribution in [0.5, 0.6) is 0 Å². The standard InChI is InChI=1S/C28H39N3O6/c1-26(2,3)36-22(32)21(19-11-14-30(17-19)25(35)37-27(4,5)6)16-18-9-7-10-20(15-18)31-23(33)28(12-8-13-28)29-24(31)34/h7,9-10,15,19,21H,8,11-14,16-17H2,1-6H3,(H,29,34)/t19-,21-/m0/s1. The predicted octanol–water partition coefficient (Wildman–Crippen LogP) is 4.42. The van der Waals surface area contributed by atoms with E-state index in [0.717, 1.165) is 12.0 Å². The highest BCUT2D eigenvalue weighted by molar-refractivity contribution is 6.23. The Morgan fingerprint density at radius 3 is 2.32 bits per heavy atom. The third-order valence-corrected chi connectivity index (χ3v) is 7.15. The molecule has 0 unspecified atom stereocenters. The van der Waals surface area contributed by atoms with E-state index in [4.69, 9.17) is 9.47 Å². The van der Waals surface area contributed by atoms with Crippen LogP contribution in [0.15, 0.2) is 24.3 Å². The van der Waals surface area contributed by atoms with Crippen molar-refractivity contribution in [1.29, 1.82) is 0 Å². The highest BCUT2D eigenvalue weighted by Crippen LogP contribution is 2.39. The van der Waals surface area contributed by atoms with Gasteiger partial charge in [0.05, 0.1) is 11.6 Å². The first-order valence-electron chi connectivity index (χ1n) is 13.1. The van der Waals surface area contributed by atoms with Crippen molar-refractivity contribution in [2.45, 2.75) is 90.4 Å². The smallest absolute Gasteiger partial charge is 0.410 e. The average molecular weight is 514 g/mol. The quantitative estimate of drug-likeness (QED) is 0.462. The number of urea groups is 1. The van der Waals surface area contributed by atoms with Crippen molar-refractivity contribution < 1.29 is 28.7 Å². The van der Waals surface area contributed by atoms with Gasteiger partial charge < -0.3 is 19.7 Å². The number of carbonyl (C=O) groups excluding carboxylic acids is 4. The number of ether oxygens (including phenoxy) is 2. The molecular formula is C28H39N3O6. The number of likely N-dealkylation sites (tertiary alicyclic amines) is 1. The maximum atomic E-state index is 13.3. The van der Waals surface area contributed by atoms with Gasteiger partial charge in [-0.3, -0.25) is 9.59 Å². The van der Waals surface area contributed by atoms with Crippen LogP contribution in [0.25, 0.3) is 0 Å². The van der Waals surface area contributed by atoms with E-state index in [-0.39, 0.29) is 23.9 Å². The van der Waals surface area contributed by atoms with Crippen LogP contribution in [-0.2, 0) is 25.5 Å². The van der Waals surface area contributed by atoms with E-state index in [2.05, 4.69) is 5.32 Å². The summed E-state index contributed by atoms with van der Waals surface area (Å²) in [5.74, 6) is -1.14. The van der Waals surface area contributed by atoms with E-state index >= 15 is 0 Å². The number of nitrogens with zero attached hydrogens (tertiary/aromatic N) is 2. The van der Waals surface area contributed by atoms with Gasteiger partial charge in [0.25, 0.3) is 5.91 Å². The van der Waals surface area contributed by atoms with Crippen LogP contribution in [0.1, 0.15) is 72.8 Å². The first kappa shape index (κ1) is 26.9. The van der Waals surface area contributed by atoms with Crippen LogP contribution in [0.2, 0.25) is 0 Å². The number of imide groups is 1. The molecular weight excluding hydrogens is 474 g/mol. The minimum atomic E-state index is -0.763. The summed E-state index contributed by atoms with van der Waals surface area (Å²) >= 11 is 0. The summed E-state index contributed by atoms with van der Waals surface area (Å²) in [7, 11) is 0. The molecule has 2 heterocycles. The summed E-state index contributed by atoms with van der Waals surface area (Å²) in [5.41, 5.74) is -0.705. The lowest BCUT2D eigenvalue weighted by atomic mass is 9.77. The Balaban J connectivity index is 1.53. The maximum absolute atomic E-state index is 13.3. The molecule has 1 aromatic rings. The molecule has 0 aromatic heterocycles. The van der Waals surface area contributed by atoms with Crippen LogP contribution in [-0.4, -0.2) is 58.7 Å². The van der Waals surface area contributed by atoms with Crippen molar-refractivity contribution in [3.8, 4) is 0 Å². The molecule has 3 fully saturated rings. The van der Waals surface area contributed by atoms with Gasteiger partial charge in [-0.15, -0.1) is 0 Å². The van der Waals surface area contributed by atoms with Crippen molar-refractivity contribution in [3.05, 3.63) is 29.8 Å². The van der Waals surface area contributed by atoms with Crippen molar-refractivity contribution in [1.82, 2.24) is 10.2 Å². The maximum Gasteiger partial charge on any atom is 0.410 e. The van der Waals surface area contributed by atoms with E-state index in [1.54, 1.807) is 23.1 Å². The number of esters is 1. The van der Waals surface area contributed by atoms with Gasteiger partial charge in [-0.1, -0.05) is 12.1 Å². The molecule has 9 nitrogen and oxygen atoms in total. The fourth-order valence-electron chi connectivity index (χ4n) is 5.23. The zero-order chi connectivity index (χ0) is 27.2. The monoisotopic (exact) mass is 513 g/mol. The molecule has 1 aromatic carbocycles. The Kier molecular flexibility index (Phi) is 7.03. The Bertz CT molecular complexity index is 1080. The third-order valence-electron chi connectivity index (χ3n) is 7.15. The van der Waals surface area contributed by atoms with Crippen molar-refractivity contribution in [2.24, 2.45) is 11.8 Å². The highest BCUT2D eigenvalue weighted by atomic mass is 16.6. The van der Waals surface area contributed by atoms with E-state index in [0.29, 0.717) is 44.5 Å². The molecule has 0 radical (unpaired) electrons. The van der Waals surface area contributed by atoms with E-state index in [9.17, 15) is 19.2 Å². The lowest BCUT2D eigenvalue weighted by Gasteiger charge is -2.34. The van der Waals surface area contributed by atoms with Crippen LogP contribution in [0.4, 0.5) is 15.3 Å². The summed E-state index contributed by atoms with van der Waals surface area (Å²) in [6.07, 6.45) is 2.86. The molecule has 0 bridgehead atoms. The van der Waals surface area contributed by atoms with E-state index in [1.807, 2.05) is 47.6 Å². The summed E-state index contributed by atoms with van der Waals surface area (Å²) in [6.45, 7) is 11.9. The minimum Gasteiger partial charge on any atom is -0.460 e. The van der Waals surface area contributed by atoms with Crippen LogP contribution < -0.4 is 10.2 Å². The second-order valence-electron chi connectivity index (χ2n) is 12.5. The molecule has 1 aliphatic carbocycles. The fourth-order valence-corrected chi connectivity index (χ4v) is 5.23. The zero-order valence-electron chi connectivity index (χ0n) is 22.8. The van der Waals surface area contributed by atoms with Crippen LogP contribution in [0.3, 0.4) is 0 Å².